The highest BCUT2D eigenvalue weighted by molar-refractivity contribution is 5.49. The Hall–Kier alpha value is -0.850. The number of rotatable bonds is 0. The minimum absolute atomic E-state index is 0.278. The lowest BCUT2D eigenvalue weighted by molar-refractivity contribution is 0.568. The van der Waals surface area contributed by atoms with E-state index in [0.717, 1.165) is 5.92 Å². The van der Waals surface area contributed by atoms with Gasteiger partial charge in [-0.05, 0) is 60.1 Å². The molecule has 1 atom stereocenters. The maximum atomic E-state index is 4.96. The molecule has 0 aromatic carbocycles. The van der Waals surface area contributed by atoms with Crippen LogP contribution in [0.2, 0.25) is 0 Å². The molecule has 0 N–H and O–H groups in total. The van der Waals surface area contributed by atoms with E-state index in [0.29, 0.717) is 0 Å². The summed E-state index contributed by atoms with van der Waals surface area (Å²) in [4.78, 5) is 4.96. The van der Waals surface area contributed by atoms with Gasteiger partial charge in [-0.1, -0.05) is 27.7 Å². The molecule has 0 unspecified atom stereocenters. The highest BCUT2D eigenvalue weighted by atomic mass is 14.7. The number of pyridine rings is 1. The van der Waals surface area contributed by atoms with Crippen LogP contribution < -0.4 is 0 Å². The Morgan fingerprint density at radius 1 is 1.06 bits per heavy atom. The molecular weight excluding hydrogens is 206 g/mol. The van der Waals surface area contributed by atoms with Crippen LogP contribution in [0.15, 0.2) is 0 Å². The van der Waals surface area contributed by atoms with E-state index in [4.69, 9.17) is 4.98 Å². The van der Waals surface area contributed by atoms with Gasteiger partial charge in [-0.3, -0.25) is 4.98 Å². The van der Waals surface area contributed by atoms with Crippen LogP contribution in [0, 0.1) is 0 Å². The zero-order valence-corrected chi connectivity index (χ0v) is 11.6. The number of fused-ring (bicyclic) bond motifs is 2. The van der Waals surface area contributed by atoms with Gasteiger partial charge in [-0.25, -0.2) is 0 Å². The maximum absolute atomic E-state index is 4.96. The molecule has 92 valence electrons. The fourth-order valence-electron chi connectivity index (χ4n) is 3.73. The molecule has 0 amide bonds. The van der Waals surface area contributed by atoms with E-state index in [-0.39, 0.29) is 5.41 Å². The summed E-state index contributed by atoms with van der Waals surface area (Å²) in [6, 6.07) is 0. The highest BCUT2D eigenvalue weighted by Gasteiger charge is 2.33. The third kappa shape index (κ3) is 1.63. The molecule has 0 bridgehead atoms. The van der Waals surface area contributed by atoms with Gasteiger partial charge in [-0.15, -0.1) is 0 Å². The molecule has 2 aliphatic rings. The number of hydrogen-bond donors (Lipinski definition) is 0. The molecule has 17 heavy (non-hydrogen) atoms. The van der Waals surface area contributed by atoms with E-state index in [1.54, 1.807) is 16.7 Å². The second kappa shape index (κ2) is 3.57. The van der Waals surface area contributed by atoms with Gasteiger partial charge in [0.2, 0.25) is 0 Å². The van der Waals surface area contributed by atoms with Crippen molar-refractivity contribution in [1.82, 2.24) is 4.98 Å². The van der Waals surface area contributed by atoms with Crippen molar-refractivity contribution in [2.45, 2.75) is 71.1 Å². The van der Waals surface area contributed by atoms with Gasteiger partial charge < -0.3 is 0 Å². The lowest BCUT2D eigenvalue weighted by atomic mass is 9.78. The first-order valence-electron chi connectivity index (χ1n) is 7.03. The first-order valence-corrected chi connectivity index (χ1v) is 7.03. The summed E-state index contributed by atoms with van der Waals surface area (Å²) < 4.78 is 0. The first-order chi connectivity index (χ1) is 7.98. The largest absolute Gasteiger partial charge is 0.257 e. The Bertz CT molecular complexity index is 465. The zero-order chi connectivity index (χ0) is 12.2. The molecule has 1 heteroatoms. The van der Waals surface area contributed by atoms with Crippen LogP contribution in [0.5, 0.6) is 0 Å². The lowest BCUT2D eigenvalue weighted by Gasteiger charge is -2.27. The van der Waals surface area contributed by atoms with E-state index in [1.807, 2.05) is 0 Å². The molecule has 3 rings (SSSR count). The Morgan fingerprint density at radius 3 is 2.53 bits per heavy atom. The standard InChI is InChI=1S/C16H23N/c1-10-8-9-13-14(10)15(16(2,3)4)11-6-5-7-12(11)17-13/h10H,5-9H2,1-4H3/t10-/m0/s1. The number of aryl methyl sites for hydroxylation is 2. The third-order valence-corrected chi connectivity index (χ3v) is 4.40. The smallest absolute Gasteiger partial charge is 0.0444 e. The summed E-state index contributed by atoms with van der Waals surface area (Å²) in [5, 5.41) is 0. The number of hydrogen-bond acceptors (Lipinski definition) is 1. The minimum atomic E-state index is 0.278. The molecule has 1 nitrogen and oxygen atoms in total. The summed E-state index contributed by atoms with van der Waals surface area (Å²) in [5.41, 5.74) is 7.98. The van der Waals surface area contributed by atoms with E-state index in [2.05, 4.69) is 27.7 Å². The lowest BCUT2D eigenvalue weighted by Crippen LogP contribution is -2.19. The van der Waals surface area contributed by atoms with Crippen molar-refractivity contribution in [1.29, 1.82) is 0 Å². The summed E-state index contributed by atoms with van der Waals surface area (Å²) in [7, 11) is 0. The zero-order valence-electron chi connectivity index (χ0n) is 11.6. The summed E-state index contributed by atoms with van der Waals surface area (Å²) in [5.74, 6) is 0.720. The predicted molar refractivity (Wildman–Crippen MR) is 71.7 cm³/mol. The Labute approximate surface area is 105 Å². The number of aromatic nitrogens is 1. The average molecular weight is 229 g/mol. The van der Waals surface area contributed by atoms with Crippen LogP contribution >= 0.6 is 0 Å². The maximum Gasteiger partial charge on any atom is 0.0444 e. The molecule has 0 aliphatic heterocycles. The summed E-state index contributed by atoms with van der Waals surface area (Å²) in [6.45, 7) is 9.48. The molecule has 1 aromatic rings. The van der Waals surface area contributed by atoms with Gasteiger partial charge in [0.05, 0.1) is 0 Å². The van der Waals surface area contributed by atoms with Gasteiger partial charge in [0.15, 0.2) is 0 Å². The molecule has 2 aliphatic carbocycles. The highest BCUT2D eigenvalue weighted by Crippen LogP contribution is 2.43. The molecule has 0 spiro atoms. The quantitative estimate of drug-likeness (QED) is 0.657. The van der Waals surface area contributed by atoms with Gasteiger partial charge in [-0.2, -0.15) is 0 Å². The van der Waals surface area contributed by atoms with Gasteiger partial charge in [0.1, 0.15) is 0 Å². The first kappa shape index (κ1) is 11.3. The molecule has 0 radical (unpaired) electrons. The fourth-order valence-corrected chi connectivity index (χ4v) is 3.73. The van der Waals surface area contributed by atoms with Gasteiger partial charge >= 0.3 is 0 Å². The number of nitrogens with zero attached hydrogens (tertiary/aromatic N) is 1. The molecule has 1 aromatic heterocycles. The fraction of sp³-hybridized carbons (Fsp3) is 0.688. The SMILES string of the molecule is C[C@H]1CCc2nc3c(c(C(C)(C)C)c21)CCC3. The van der Waals surface area contributed by atoms with Gasteiger partial charge in [0, 0.05) is 11.4 Å². The van der Waals surface area contributed by atoms with Crippen LogP contribution in [0.3, 0.4) is 0 Å². The van der Waals surface area contributed by atoms with Crippen molar-refractivity contribution in [3.05, 3.63) is 28.1 Å². The Balaban J connectivity index is 2.30. The second-order valence-electron chi connectivity index (χ2n) is 6.82. The van der Waals surface area contributed by atoms with Crippen molar-refractivity contribution < 1.29 is 0 Å². The van der Waals surface area contributed by atoms with E-state index in [9.17, 15) is 0 Å². The molecule has 0 saturated heterocycles. The molecular formula is C16H23N. The van der Waals surface area contributed by atoms with Crippen LogP contribution in [-0.2, 0) is 24.7 Å². The topological polar surface area (TPSA) is 12.9 Å². The van der Waals surface area contributed by atoms with Crippen LogP contribution in [-0.4, -0.2) is 4.98 Å². The summed E-state index contributed by atoms with van der Waals surface area (Å²) >= 11 is 0. The second-order valence-corrected chi connectivity index (χ2v) is 6.82. The minimum Gasteiger partial charge on any atom is -0.257 e. The van der Waals surface area contributed by atoms with Crippen LogP contribution in [0.25, 0.3) is 0 Å². The molecule has 1 heterocycles. The van der Waals surface area contributed by atoms with E-state index in [1.165, 1.54) is 43.5 Å². The van der Waals surface area contributed by atoms with Crippen molar-refractivity contribution in [3.63, 3.8) is 0 Å². The normalized spacial score (nSPS) is 22.7. The van der Waals surface area contributed by atoms with Crippen molar-refractivity contribution >= 4 is 0 Å². The summed E-state index contributed by atoms with van der Waals surface area (Å²) in [6.07, 6.45) is 6.28. The van der Waals surface area contributed by atoms with Crippen LogP contribution in [0.4, 0.5) is 0 Å². The molecule has 0 fully saturated rings. The Morgan fingerprint density at radius 2 is 1.82 bits per heavy atom. The average Bonchev–Trinajstić information content (AvgIpc) is 2.81. The predicted octanol–water partition coefficient (Wildman–Crippen LogP) is 3.92. The Kier molecular flexibility index (Phi) is 2.36. The van der Waals surface area contributed by atoms with Crippen molar-refractivity contribution in [2.24, 2.45) is 0 Å². The van der Waals surface area contributed by atoms with Crippen molar-refractivity contribution in [2.75, 3.05) is 0 Å². The van der Waals surface area contributed by atoms with E-state index >= 15 is 0 Å². The third-order valence-electron chi connectivity index (χ3n) is 4.40. The van der Waals surface area contributed by atoms with Crippen LogP contribution in [0.1, 0.15) is 74.5 Å². The monoisotopic (exact) mass is 229 g/mol. The van der Waals surface area contributed by atoms with E-state index < -0.39 is 0 Å². The van der Waals surface area contributed by atoms with Gasteiger partial charge in [0.25, 0.3) is 0 Å². The van der Waals surface area contributed by atoms with Crippen molar-refractivity contribution in [3.8, 4) is 0 Å². The molecule has 0 saturated carbocycles.